The summed E-state index contributed by atoms with van der Waals surface area (Å²) in [7, 11) is 0. The maximum atomic E-state index is 12.5. The summed E-state index contributed by atoms with van der Waals surface area (Å²) in [6.45, 7) is 5.30. The fourth-order valence-electron chi connectivity index (χ4n) is 1.62. The molecule has 1 rings (SSSR count). The highest BCUT2D eigenvalue weighted by Gasteiger charge is 2.38. The molecule has 18 heavy (non-hydrogen) atoms. The van der Waals surface area contributed by atoms with Crippen molar-refractivity contribution in [3.8, 4) is 0 Å². The second kappa shape index (κ2) is 5.79. The number of carbonyl (C=O) groups excluding carboxylic acids is 1. The number of hydrogen-bond donors (Lipinski definition) is 1. The summed E-state index contributed by atoms with van der Waals surface area (Å²) >= 11 is 0. The van der Waals surface area contributed by atoms with Crippen molar-refractivity contribution in [2.24, 2.45) is 0 Å². The number of carbonyl (C=O) groups is 1. The van der Waals surface area contributed by atoms with Gasteiger partial charge in [0.25, 0.3) is 6.43 Å². The first-order valence-electron chi connectivity index (χ1n) is 5.76. The van der Waals surface area contributed by atoms with Crippen LogP contribution in [0.1, 0.15) is 20.8 Å². The van der Waals surface area contributed by atoms with Gasteiger partial charge in [0, 0.05) is 6.54 Å². The van der Waals surface area contributed by atoms with Gasteiger partial charge in [-0.1, -0.05) is 0 Å². The number of hydrogen-bond acceptors (Lipinski definition) is 4. The minimum atomic E-state index is -2.93. The van der Waals surface area contributed by atoms with Crippen LogP contribution in [0.5, 0.6) is 0 Å². The van der Waals surface area contributed by atoms with Crippen molar-refractivity contribution in [1.29, 1.82) is 0 Å². The van der Waals surface area contributed by atoms with Crippen molar-refractivity contribution in [2.45, 2.75) is 44.9 Å². The summed E-state index contributed by atoms with van der Waals surface area (Å²) in [6.07, 6.45) is -5.57. The molecule has 1 amide bonds. The average molecular weight is 267 g/mol. The summed E-state index contributed by atoms with van der Waals surface area (Å²) in [5, 5.41) is 9.39. The molecular formula is C11H19F2NO4. The maximum absolute atomic E-state index is 12.5. The Morgan fingerprint density at radius 1 is 1.50 bits per heavy atom. The van der Waals surface area contributed by atoms with E-state index in [1.807, 2.05) is 0 Å². The third kappa shape index (κ3) is 4.06. The SMILES string of the molecule is CC(C)(C)OC(=O)N1CCOCC1C(O)C(F)F. The number of alkyl halides is 2. The first-order chi connectivity index (χ1) is 8.22. The van der Waals surface area contributed by atoms with E-state index in [9.17, 15) is 18.7 Å². The van der Waals surface area contributed by atoms with Crippen molar-refractivity contribution in [3.63, 3.8) is 0 Å². The fraction of sp³-hybridized carbons (Fsp3) is 0.909. The molecule has 1 aliphatic heterocycles. The van der Waals surface area contributed by atoms with Crippen LogP contribution in [0.15, 0.2) is 0 Å². The predicted octanol–water partition coefficient (Wildman–Crippen LogP) is 1.25. The zero-order valence-electron chi connectivity index (χ0n) is 10.7. The van der Waals surface area contributed by atoms with Gasteiger partial charge in [-0.15, -0.1) is 0 Å². The molecule has 0 aromatic carbocycles. The zero-order chi connectivity index (χ0) is 13.9. The molecule has 1 N–H and O–H groups in total. The number of ether oxygens (including phenoxy) is 2. The first-order valence-corrected chi connectivity index (χ1v) is 5.76. The van der Waals surface area contributed by atoms with Crippen molar-refractivity contribution in [1.82, 2.24) is 4.90 Å². The van der Waals surface area contributed by atoms with E-state index in [1.165, 1.54) is 0 Å². The highest BCUT2D eigenvalue weighted by molar-refractivity contribution is 5.68. The van der Waals surface area contributed by atoms with Crippen LogP contribution in [0.25, 0.3) is 0 Å². The third-order valence-electron chi connectivity index (χ3n) is 2.45. The molecule has 1 saturated heterocycles. The summed E-state index contributed by atoms with van der Waals surface area (Å²) < 4.78 is 35.1. The number of halogens is 2. The van der Waals surface area contributed by atoms with E-state index in [0.717, 1.165) is 4.90 Å². The molecule has 1 fully saturated rings. The Kier molecular flexibility index (Phi) is 4.86. The van der Waals surface area contributed by atoms with Gasteiger partial charge in [-0.25, -0.2) is 13.6 Å². The van der Waals surface area contributed by atoms with Crippen molar-refractivity contribution < 1.29 is 28.2 Å². The normalized spacial score (nSPS) is 23.1. The van der Waals surface area contributed by atoms with Crippen LogP contribution in [0, 0.1) is 0 Å². The van der Waals surface area contributed by atoms with Gasteiger partial charge < -0.3 is 14.6 Å². The summed E-state index contributed by atoms with van der Waals surface area (Å²) in [5.41, 5.74) is -0.713. The molecule has 1 aliphatic rings. The number of aliphatic hydroxyl groups is 1. The van der Waals surface area contributed by atoms with E-state index in [4.69, 9.17) is 9.47 Å². The van der Waals surface area contributed by atoms with Crippen LogP contribution in [0.2, 0.25) is 0 Å². The van der Waals surface area contributed by atoms with Crippen molar-refractivity contribution in [3.05, 3.63) is 0 Å². The zero-order valence-corrected chi connectivity index (χ0v) is 10.7. The molecule has 7 heteroatoms. The Labute approximate surface area is 105 Å². The van der Waals surface area contributed by atoms with E-state index < -0.39 is 30.3 Å². The molecule has 0 bridgehead atoms. The second-order valence-electron chi connectivity index (χ2n) is 5.14. The Morgan fingerprint density at radius 2 is 2.11 bits per heavy atom. The second-order valence-corrected chi connectivity index (χ2v) is 5.14. The predicted molar refractivity (Wildman–Crippen MR) is 59.6 cm³/mol. The number of nitrogens with zero attached hydrogens (tertiary/aromatic N) is 1. The van der Waals surface area contributed by atoms with E-state index in [1.54, 1.807) is 20.8 Å². The minimum absolute atomic E-state index is 0.120. The van der Waals surface area contributed by atoms with E-state index in [2.05, 4.69) is 0 Å². The molecule has 0 saturated carbocycles. The number of aliphatic hydroxyl groups excluding tert-OH is 1. The van der Waals surface area contributed by atoms with Gasteiger partial charge >= 0.3 is 6.09 Å². The molecule has 5 nitrogen and oxygen atoms in total. The van der Waals surface area contributed by atoms with Gasteiger partial charge in [0.1, 0.15) is 11.7 Å². The molecule has 2 atom stereocenters. The van der Waals surface area contributed by atoms with Crippen LogP contribution in [0.3, 0.4) is 0 Å². The van der Waals surface area contributed by atoms with Crippen LogP contribution < -0.4 is 0 Å². The number of morpholine rings is 1. The summed E-state index contributed by atoms with van der Waals surface area (Å²) in [4.78, 5) is 12.9. The van der Waals surface area contributed by atoms with Crippen molar-refractivity contribution in [2.75, 3.05) is 19.8 Å². The van der Waals surface area contributed by atoms with Gasteiger partial charge in [-0.3, -0.25) is 4.90 Å². The molecule has 106 valence electrons. The lowest BCUT2D eigenvalue weighted by Gasteiger charge is -2.38. The lowest BCUT2D eigenvalue weighted by Crippen LogP contribution is -2.56. The summed E-state index contributed by atoms with van der Waals surface area (Å²) in [6, 6.07) is -1.08. The molecule has 0 radical (unpaired) electrons. The standard InChI is InChI=1S/C11H19F2NO4/c1-11(2,3)18-10(16)14-4-5-17-6-7(14)8(15)9(12)13/h7-9,15H,4-6H2,1-3H3. The third-order valence-corrected chi connectivity index (χ3v) is 2.45. The molecule has 1 heterocycles. The van der Waals surface area contributed by atoms with Crippen LogP contribution >= 0.6 is 0 Å². The van der Waals surface area contributed by atoms with Crippen LogP contribution in [0.4, 0.5) is 13.6 Å². The Hall–Kier alpha value is -0.950. The topological polar surface area (TPSA) is 59.0 Å². The maximum Gasteiger partial charge on any atom is 0.410 e. The van der Waals surface area contributed by atoms with E-state index in [0.29, 0.717) is 0 Å². The van der Waals surface area contributed by atoms with E-state index in [-0.39, 0.29) is 19.8 Å². The number of amides is 1. The molecule has 0 aliphatic carbocycles. The quantitative estimate of drug-likeness (QED) is 0.818. The van der Waals surface area contributed by atoms with Gasteiger partial charge in [-0.05, 0) is 20.8 Å². The molecular weight excluding hydrogens is 248 g/mol. The average Bonchev–Trinajstić information content (AvgIpc) is 2.25. The van der Waals surface area contributed by atoms with E-state index >= 15 is 0 Å². The lowest BCUT2D eigenvalue weighted by molar-refractivity contribution is -0.105. The molecule has 0 spiro atoms. The Morgan fingerprint density at radius 3 is 2.61 bits per heavy atom. The fourth-order valence-corrected chi connectivity index (χ4v) is 1.62. The largest absolute Gasteiger partial charge is 0.444 e. The Bertz CT molecular complexity index is 293. The molecule has 0 aromatic heterocycles. The van der Waals surface area contributed by atoms with Crippen LogP contribution in [-0.2, 0) is 9.47 Å². The minimum Gasteiger partial charge on any atom is -0.444 e. The molecule has 2 unspecified atom stereocenters. The highest BCUT2D eigenvalue weighted by Crippen LogP contribution is 2.19. The lowest BCUT2D eigenvalue weighted by atomic mass is 10.1. The van der Waals surface area contributed by atoms with Gasteiger partial charge in [0.05, 0.1) is 19.3 Å². The Balaban J connectivity index is 2.73. The molecule has 0 aromatic rings. The van der Waals surface area contributed by atoms with Gasteiger partial charge in [0.2, 0.25) is 0 Å². The van der Waals surface area contributed by atoms with Crippen molar-refractivity contribution >= 4 is 6.09 Å². The van der Waals surface area contributed by atoms with Gasteiger partial charge in [-0.2, -0.15) is 0 Å². The first kappa shape index (κ1) is 15.1. The monoisotopic (exact) mass is 267 g/mol. The summed E-state index contributed by atoms with van der Waals surface area (Å²) in [5.74, 6) is 0. The number of rotatable bonds is 2. The smallest absolute Gasteiger partial charge is 0.410 e. The van der Waals surface area contributed by atoms with Crippen LogP contribution in [-0.4, -0.2) is 60.0 Å². The van der Waals surface area contributed by atoms with Gasteiger partial charge in [0.15, 0.2) is 0 Å². The highest BCUT2D eigenvalue weighted by atomic mass is 19.3.